The maximum absolute atomic E-state index is 9.19. The Kier molecular flexibility index (Phi) is 4.60. The third-order valence-electron chi connectivity index (χ3n) is 0.833. The van der Waals surface area contributed by atoms with Gasteiger partial charge in [-0.25, -0.2) is 0 Å². The monoisotopic (exact) mass is 209 g/mol. The molecule has 0 aliphatic heterocycles. The van der Waals surface area contributed by atoms with Crippen molar-refractivity contribution < 1.29 is 22.6 Å². The van der Waals surface area contributed by atoms with E-state index >= 15 is 0 Å². The van der Waals surface area contributed by atoms with Crippen LogP contribution in [0.4, 0.5) is 0 Å². The van der Waals surface area contributed by atoms with Gasteiger partial charge in [-0.15, -0.1) is 0 Å². The lowest BCUT2D eigenvalue weighted by Crippen LogP contribution is -1.88. The Labute approximate surface area is 75.9 Å². The normalized spacial score (nSPS) is 10.5. The van der Waals surface area contributed by atoms with E-state index in [-0.39, 0.29) is 6.61 Å². The van der Waals surface area contributed by atoms with Gasteiger partial charge >= 0.3 is 0 Å². The molecule has 1 aromatic rings. The largest absolute Gasteiger partial charge is 0.388 e. The van der Waals surface area contributed by atoms with Gasteiger partial charge in [-0.3, -0.25) is 4.55 Å². The van der Waals surface area contributed by atoms with Gasteiger partial charge in [0.2, 0.25) is 0 Å². The van der Waals surface area contributed by atoms with Crippen molar-refractivity contribution >= 4 is 10.1 Å². The van der Waals surface area contributed by atoms with E-state index in [0.717, 1.165) is 5.69 Å². The Hall–Kier alpha value is -0.920. The molecule has 76 valence electrons. The molecule has 6 nitrogen and oxygen atoms in total. The summed E-state index contributed by atoms with van der Waals surface area (Å²) < 4.78 is 30.5. The van der Waals surface area contributed by atoms with Gasteiger partial charge in [-0.2, -0.15) is 8.42 Å². The van der Waals surface area contributed by atoms with Crippen LogP contribution in [0.2, 0.25) is 0 Å². The Morgan fingerprint density at radius 2 is 2.08 bits per heavy atom. The van der Waals surface area contributed by atoms with Crippen LogP contribution in [-0.4, -0.2) is 29.5 Å². The molecule has 0 saturated carbocycles. The van der Waals surface area contributed by atoms with Crippen LogP contribution in [0, 0.1) is 6.92 Å². The number of nitrogens with zero attached hydrogens (tertiary/aromatic N) is 1. The Bertz CT molecular complexity index is 334. The molecule has 0 unspecified atom stereocenters. The predicted molar refractivity (Wildman–Crippen MR) is 44.6 cm³/mol. The van der Waals surface area contributed by atoms with E-state index in [4.69, 9.17) is 9.66 Å². The Morgan fingerprint density at radius 3 is 2.23 bits per heavy atom. The molecule has 0 fully saturated rings. The van der Waals surface area contributed by atoms with Gasteiger partial charge in [0.1, 0.15) is 6.61 Å². The standard InChI is InChI=1S/C5H7NO2.CH4O3S/c1-4-2-5(3-7)8-6-4;1-5(2,3)4/h2,7H,3H2,1H3;1H3,(H,2,3,4). The predicted octanol–water partition coefficient (Wildman–Crippen LogP) is -0.0207. The fourth-order valence-corrected chi connectivity index (χ4v) is 0.491. The lowest BCUT2D eigenvalue weighted by atomic mass is 10.4. The molecular formula is C6H11NO5S. The minimum absolute atomic E-state index is 0.0686. The fraction of sp³-hybridized carbons (Fsp3) is 0.500. The first-order valence-electron chi connectivity index (χ1n) is 3.28. The van der Waals surface area contributed by atoms with Crippen LogP contribution in [-0.2, 0) is 16.7 Å². The highest BCUT2D eigenvalue weighted by atomic mass is 32.2. The molecule has 1 rings (SSSR count). The maximum atomic E-state index is 9.19. The first-order chi connectivity index (χ1) is 5.83. The molecule has 0 aliphatic rings. The Balaban J connectivity index is 0.000000252. The van der Waals surface area contributed by atoms with Gasteiger partial charge in [0.25, 0.3) is 10.1 Å². The van der Waals surface area contributed by atoms with E-state index in [0.29, 0.717) is 12.0 Å². The SMILES string of the molecule is CS(=O)(=O)O.Cc1cc(CO)on1. The Morgan fingerprint density at radius 1 is 1.62 bits per heavy atom. The second kappa shape index (κ2) is 4.95. The molecule has 2 N–H and O–H groups in total. The van der Waals surface area contributed by atoms with Gasteiger partial charge in [0.05, 0.1) is 11.9 Å². The van der Waals surface area contributed by atoms with Crippen molar-refractivity contribution in [3.8, 4) is 0 Å². The number of aliphatic hydroxyl groups excluding tert-OH is 1. The van der Waals surface area contributed by atoms with E-state index in [1.165, 1.54) is 0 Å². The van der Waals surface area contributed by atoms with E-state index in [9.17, 15) is 8.42 Å². The summed E-state index contributed by atoms with van der Waals surface area (Å²) in [5, 5.41) is 12.0. The first-order valence-corrected chi connectivity index (χ1v) is 5.13. The smallest absolute Gasteiger partial charge is 0.261 e. The van der Waals surface area contributed by atoms with E-state index in [1.54, 1.807) is 6.07 Å². The van der Waals surface area contributed by atoms with Gasteiger partial charge in [0, 0.05) is 6.07 Å². The summed E-state index contributed by atoms with van der Waals surface area (Å²) in [6.45, 7) is 1.74. The van der Waals surface area contributed by atoms with Crippen LogP contribution in [0.3, 0.4) is 0 Å². The molecule has 0 aromatic carbocycles. The molecular weight excluding hydrogens is 198 g/mol. The molecule has 0 spiro atoms. The van der Waals surface area contributed by atoms with E-state index in [1.807, 2.05) is 6.92 Å². The summed E-state index contributed by atoms with van der Waals surface area (Å²) in [5.41, 5.74) is 0.800. The third kappa shape index (κ3) is 8.99. The zero-order valence-corrected chi connectivity index (χ0v) is 8.08. The minimum Gasteiger partial charge on any atom is -0.388 e. The number of aryl methyl sites for hydroxylation is 1. The van der Waals surface area contributed by atoms with Crippen molar-refractivity contribution in [1.29, 1.82) is 0 Å². The van der Waals surface area contributed by atoms with Crippen molar-refractivity contribution in [2.24, 2.45) is 0 Å². The lowest BCUT2D eigenvalue weighted by Gasteiger charge is -1.76. The van der Waals surface area contributed by atoms with Crippen LogP contribution in [0.15, 0.2) is 10.6 Å². The van der Waals surface area contributed by atoms with Crippen LogP contribution in [0.25, 0.3) is 0 Å². The molecule has 13 heavy (non-hydrogen) atoms. The zero-order valence-electron chi connectivity index (χ0n) is 7.26. The zero-order chi connectivity index (χ0) is 10.5. The number of aliphatic hydroxyl groups is 1. The molecule has 1 heterocycles. The summed E-state index contributed by atoms with van der Waals surface area (Å²) in [4.78, 5) is 0. The van der Waals surface area contributed by atoms with Gasteiger partial charge < -0.3 is 9.63 Å². The average molecular weight is 209 g/mol. The summed E-state index contributed by atoms with van der Waals surface area (Å²) in [6.07, 6.45) is 0.715. The molecule has 0 radical (unpaired) electrons. The first kappa shape index (κ1) is 12.1. The topological polar surface area (TPSA) is 101 Å². The molecule has 0 atom stereocenters. The van der Waals surface area contributed by atoms with Crippen LogP contribution in [0.5, 0.6) is 0 Å². The molecule has 7 heteroatoms. The molecule has 0 aliphatic carbocycles. The van der Waals surface area contributed by atoms with Crippen molar-refractivity contribution in [3.63, 3.8) is 0 Å². The van der Waals surface area contributed by atoms with Crippen LogP contribution in [0.1, 0.15) is 11.5 Å². The second-order valence-electron chi connectivity index (χ2n) is 2.33. The summed E-state index contributed by atoms with van der Waals surface area (Å²) in [5.74, 6) is 0.516. The van der Waals surface area contributed by atoms with Crippen LogP contribution < -0.4 is 0 Å². The van der Waals surface area contributed by atoms with Crippen molar-refractivity contribution in [2.75, 3.05) is 6.26 Å². The van der Waals surface area contributed by atoms with Gasteiger partial charge in [-0.05, 0) is 6.92 Å². The van der Waals surface area contributed by atoms with Crippen LogP contribution >= 0.6 is 0 Å². The maximum Gasteiger partial charge on any atom is 0.261 e. The molecule has 0 saturated heterocycles. The van der Waals surface area contributed by atoms with Crippen molar-refractivity contribution in [2.45, 2.75) is 13.5 Å². The number of hydrogen-bond donors (Lipinski definition) is 2. The highest BCUT2D eigenvalue weighted by Gasteiger charge is 1.94. The fourth-order valence-electron chi connectivity index (χ4n) is 0.491. The molecule has 1 aromatic heterocycles. The van der Waals surface area contributed by atoms with Gasteiger partial charge in [0.15, 0.2) is 5.76 Å². The summed E-state index contributed by atoms with van der Waals surface area (Å²) >= 11 is 0. The minimum atomic E-state index is -3.67. The lowest BCUT2D eigenvalue weighted by molar-refractivity contribution is 0.228. The van der Waals surface area contributed by atoms with Crippen molar-refractivity contribution in [1.82, 2.24) is 5.16 Å². The molecule has 0 bridgehead atoms. The second-order valence-corrected chi connectivity index (χ2v) is 3.79. The number of hydrogen-bond acceptors (Lipinski definition) is 5. The highest BCUT2D eigenvalue weighted by Crippen LogP contribution is 1.99. The third-order valence-corrected chi connectivity index (χ3v) is 0.833. The van der Waals surface area contributed by atoms with Crippen molar-refractivity contribution in [3.05, 3.63) is 17.5 Å². The summed E-state index contributed by atoms with van der Waals surface area (Å²) in [6, 6.07) is 1.69. The van der Waals surface area contributed by atoms with Gasteiger partial charge in [-0.1, -0.05) is 5.16 Å². The average Bonchev–Trinajstić information content (AvgIpc) is 2.31. The summed E-state index contributed by atoms with van der Waals surface area (Å²) in [7, 11) is -3.67. The molecule has 0 amide bonds. The number of aromatic nitrogens is 1. The number of rotatable bonds is 1. The van der Waals surface area contributed by atoms with E-state index < -0.39 is 10.1 Å². The highest BCUT2D eigenvalue weighted by molar-refractivity contribution is 7.85. The quantitative estimate of drug-likeness (QED) is 0.630. The van der Waals surface area contributed by atoms with E-state index in [2.05, 4.69) is 9.68 Å².